The standard InChI is InChI=1S/C12H24N2O/c1-11(2,3)7-13-5-10(6-13)14-8-12(4,15)9-14/h10,15H,5-9H2,1-4H3. The van der Waals surface area contributed by atoms with Crippen LogP contribution in [0.15, 0.2) is 0 Å². The van der Waals surface area contributed by atoms with Crippen molar-refractivity contribution in [3.63, 3.8) is 0 Å². The summed E-state index contributed by atoms with van der Waals surface area (Å²) in [6.07, 6.45) is 0. The van der Waals surface area contributed by atoms with Gasteiger partial charge in [0.05, 0.1) is 5.60 Å². The summed E-state index contributed by atoms with van der Waals surface area (Å²) in [6, 6.07) is 0.701. The van der Waals surface area contributed by atoms with E-state index in [0.717, 1.165) is 13.1 Å². The van der Waals surface area contributed by atoms with Crippen LogP contribution in [-0.2, 0) is 0 Å². The SMILES string of the molecule is CC(C)(C)CN1CC(N2CC(C)(O)C2)C1. The molecule has 0 aromatic carbocycles. The van der Waals surface area contributed by atoms with E-state index in [-0.39, 0.29) is 0 Å². The first kappa shape index (κ1) is 11.4. The molecule has 0 amide bonds. The van der Waals surface area contributed by atoms with Gasteiger partial charge in [-0.2, -0.15) is 0 Å². The maximum Gasteiger partial charge on any atom is 0.0872 e. The van der Waals surface area contributed by atoms with Crippen molar-refractivity contribution in [1.29, 1.82) is 0 Å². The van der Waals surface area contributed by atoms with Crippen molar-refractivity contribution >= 4 is 0 Å². The first-order valence-corrected chi connectivity index (χ1v) is 5.94. The van der Waals surface area contributed by atoms with Crippen LogP contribution in [0.4, 0.5) is 0 Å². The average molecular weight is 212 g/mol. The number of hydrogen-bond donors (Lipinski definition) is 1. The molecule has 2 rings (SSSR count). The topological polar surface area (TPSA) is 26.7 Å². The fraction of sp³-hybridized carbons (Fsp3) is 1.00. The van der Waals surface area contributed by atoms with Gasteiger partial charge in [0, 0.05) is 38.8 Å². The van der Waals surface area contributed by atoms with E-state index in [1.54, 1.807) is 0 Å². The van der Waals surface area contributed by atoms with Crippen molar-refractivity contribution in [2.45, 2.75) is 39.3 Å². The molecule has 0 aromatic heterocycles. The van der Waals surface area contributed by atoms with Crippen molar-refractivity contribution in [3.8, 4) is 0 Å². The summed E-state index contributed by atoms with van der Waals surface area (Å²) < 4.78 is 0. The first-order valence-electron chi connectivity index (χ1n) is 5.94. The molecule has 2 saturated heterocycles. The smallest absolute Gasteiger partial charge is 0.0872 e. The Hall–Kier alpha value is -0.120. The highest BCUT2D eigenvalue weighted by Crippen LogP contribution is 2.28. The van der Waals surface area contributed by atoms with Crippen molar-refractivity contribution in [3.05, 3.63) is 0 Å². The normalized spacial score (nSPS) is 28.6. The van der Waals surface area contributed by atoms with Crippen LogP contribution in [-0.4, -0.2) is 59.3 Å². The van der Waals surface area contributed by atoms with Crippen LogP contribution < -0.4 is 0 Å². The highest BCUT2D eigenvalue weighted by atomic mass is 16.3. The lowest BCUT2D eigenvalue weighted by atomic mass is 9.89. The second-order valence-electron chi connectivity index (χ2n) is 6.81. The summed E-state index contributed by atoms with van der Waals surface area (Å²) in [5.74, 6) is 0. The van der Waals surface area contributed by atoms with Crippen molar-refractivity contribution in [1.82, 2.24) is 9.80 Å². The fourth-order valence-corrected chi connectivity index (χ4v) is 2.66. The molecule has 15 heavy (non-hydrogen) atoms. The highest BCUT2D eigenvalue weighted by Gasteiger charge is 2.44. The summed E-state index contributed by atoms with van der Waals surface area (Å²) in [4.78, 5) is 4.91. The summed E-state index contributed by atoms with van der Waals surface area (Å²) in [7, 11) is 0. The highest BCUT2D eigenvalue weighted by molar-refractivity contribution is 5.00. The molecule has 0 spiro atoms. The van der Waals surface area contributed by atoms with E-state index in [9.17, 15) is 5.11 Å². The van der Waals surface area contributed by atoms with Crippen LogP contribution in [0.3, 0.4) is 0 Å². The van der Waals surface area contributed by atoms with Crippen molar-refractivity contribution in [2.24, 2.45) is 5.41 Å². The summed E-state index contributed by atoms with van der Waals surface area (Å²) in [6.45, 7) is 14.1. The minimum atomic E-state index is -0.412. The molecule has 2 heterocycles. The van der Waals surface area contributed by atoms with E-state index in [4.69, 9.17) is 0 Å². The van der Waals surface area contributed by atoms with Gasteiger partial charge in [-0.25, -0.2) is 0 Å². The van der Waals surface area contributed by atoms with Gasteiger partial charge in [0.1, 0.15) is 0 Å². The summed E-state index contributed by atoms with van der Waals surface area (Å²) >= 11 is 0. The Morgan fingerprint density at radius 1 is 1.27 bits per heavy atom. The van der Waals surface area contributed by atoms with Crippen LogP contribution in [0.5, 0.6) is 0 Å². The van der Waals surface area contributed by atoms with Gasteiger partial charge in [0.2, 0.25) is 0 Å². The number of rotatable bonds is 2. The van der Waals surface area contributed by atoms with Gasteiger partial charge in [-0.05, 0) is 12.3 Å². The van der Waals surface area contributed by atoms with Crippen LogP contribution in [0.1, 0.15) is 27.7 Å². The lowest BCUT2D eigenvalue weighted by Gasteiger charge is -2.55. The Balaban J connectivity index is 1.67. The third-order valence-corrected chi connectivity index (χ3v) is 3.24. The number of hydrogen-bond acceptors (Lipinski definition) is 3. The average Bonchev–Trinajstić information content (AvgIpc) is 1.88. The van der Waals surface area contributed by atoms with E-state index in [2.05, 4.69) is 30.6 Å². The molecular formula is C12H24N2O. The lowest BCUT2D eigenvalue weighted by molar-refractivity contribution is -0.131. The lowest BCUT2D eigenvalue weighted by Crippen LogP contribution is -2.71. The zero-order valence-electron chi connectivity index (χ0n) is 10.5. The first-order chi connectivity index (χ1) is 6.75. The molecule has 0 bridgehead atoms. The third kappa shape index (κ3) is 2.71. The van der Waals surface area contributed by atoms with Gasteiger partial charge in [0.25, 0.3) is 0 Å². The zero-order valence-corrected chi connectivity index (χ0v) is 10.5. The van der Waals surface area contributed by atoms with E-state index in [1.165, 1.54) is 19.6 Å². The van der Waals surface area contributed by atoms with E-state index in [1.807, 2.05) is 6.92 Å². The maximum atomic E-state index is 9.65. The number of likely N-dealkylation sites (tertiary alicyclic amines) is 2. The molecule has 3 heteroatoms. The maximum absolute atomic E-state index is 9.65. The van der Waals surface area contributed by atoms with Crippen LogP contribution >= 0.6 is 0 Å². The quantitative estimate of drug-likeness (QED) is 0.733. The Morgan fingerprint density at radius 2 is 1.80 bits per heavy atom. The molecule has 1 N–H and O–H groups in total. The largest absolute Gasteiger partial charge is 0.388 e. The van der Waals surface area contributed by atoms with Crippen molar-refractivity contribution in [2.75, 3.05) is 32.7 Å². The van der Waals surface area contributed by atoms with Crippen molar-refractivity contribution < 1.29 is 5.11 Å². The zero-order chi connectivity index (χ0) is 11.3. The summed E-state index contributed by atoms with van der Waals surface area (Å²) in [5.41, 5.74) is -0.00411. The second kappa shape index (κ2) is 3.44. The number of aliphatic hydroxyl groups is 1. The van der Waals surface area contributed by atoms with Gasteiger partial charge in [-0.1, -0.05) is 20.8 Å². The molecule has 2 aliphatic heterocycles. The number of nitrogens with zero attached hydrogens (tertiary/aromatic N) is 2. The molecule has 0 unspecified atom stereocenters. The van der Waals surface area contributed by atoms with Gasteiger partial charge in [0.15, 0.2) is 0 Å². The predicted octanol–water partition coefficient (Wildman–Crippen LogP) is 0.783. The minimum absolute atomic E-state index is 0.408. The summed E-state index contributed by atoms with van der Waals surface area (Å²) in [5, 5.41) is 9.65. The van der Waals surface area contributed by atoms with E-state index < -0.39 is 5.60 Å². The molecular weight excluding hydrogens is 188 g/mol. The molecule has 0 aromatic rings. The predicted molar refractivity (Wildman–Crippen MR) is 61.9 cm³/mol. The fourth-order valence-electron chi connectivity index (χ4n) is 2.66. The molecule has 2 fully saturated rings. The Labute approximate surface area is 93.1 Å². The van der Waals surface area contributed by atoms with Gasteiger partial charge in [-0.3, -0.25) is 9.80 Å². The Bertz CT molecular complexity index is 230. The monoisotopic (exact) mass is 212 g/mol. The molecule has 88 valence electrons. The Kier molecular flexibility index (Phi) is 2.61. The molecule has 0 atom stereocenters. The van der Waals surface area contributed by atoms with Crippen LogP contribution in [0.2, 0.25) is 0 Å². The molecule has 0 aliphatic carbocycles. The van der Waals surface area contributed by atoms with E-state index >= 15 is 0 Å². The molecule has 0 radical (unpaired) electrons. The van der Waals surface area contributed by atoms with Crippen LogP contribution in [0, 0.1) is 5.41 Å². The molecule has 2 aliphatic rings. The third-order valence-electron chi connectivity index (χ3n) is 3.24. The second-order valence-corrected chi connectivity index (χ2v) is 6.81. The van der Waals surface area contributed by atoms with Crippen LogP contribution in [0.25, 0.3) is 0 Å². The van der Waals surface area contributed by atoms with Gasteiger partial charge < -0.3 is 5.11 Å². The van der Waals surface area contributed by atoms with Gasteiger partial charge in [-0.15, -0.1) is 0 Å². The molecule has 3 nitrogen and oxygen atoms in total. The molecule has 0 saturated carbocycles. The minimum Gasteiger partial charge on any atom is -0.388 e. The number of β-amino-alcohol motifs (C(OH)–C–C–N with tert-alkyl or cyclic N) is 1. The Morgan fingerprint density at radius 3 is 2.20 bits per heavy atom. The van der Waals surface area contributed by atoms with E-state index in [0.29, 0.717) is 11.5 Å². The van der Waals surface area contributed by atoms with Gasteiger partial charge >= 0.3 is 0 Å².